The van der Waals surface area contributed by atoms with Gasteiger partial charge in [-0.25, -0.2) is 4.57 Å². The maximum atomic E-state index is 11.1. The molecule has 0 bridgehead atoms. The molecule has 11 heteroatoms. The predicted octanol–water partition coefficient (Wildman–Crippen LogP) is -2.20. The summed E-state index contributed by atoms with van der Waals surface area (Å²) in [6, 6.07) is 2.97. The van der Waals surface area contributed by atoms with Crippen molar-refractivity contribution in [2.75, 3.05) is 6.61 Å². The first kappa shape index (κ1) is 17.0. The lowest BCUT2D eigenvalue weighted by Gasteiger charge is -2.13. The van der Waals surface area contributed by atoms with Crippen LogP contribution in [0.1, 0.15) is 16.6 Å². The number of phosphoric acid groups is 1. The van der Waals surface area contributed by atoms with Crippen LogP contribution in [-0.2, 0) is 13.8 Å². The number of pyridine rings is 1. The van der Waals surface area contributed by atoms with Gasteiger partial charge in [0.05, 0.1) is 6.61 Å². The van der Waals surface area contributed by atoms with Gasteiger partial charge in [0.2, 0.25) is 0 Å². The summed E-state index contributed by atoms with van der Waals surface area (Å²) in [6.45, 7) is -0.602. The van der Waals surface area contributed by atoms with Crippen molar-refractivity contribution >= 4 is 13.7 Å². The highest BCUT2D eigenvalue weighted by Gasteiger charge is 2.48. The average molecular weight is 340 g/mol. The number of ether oxygens (including phenoxy) is 1. The monoisotopic (exact) mass is 340 g/mol. The molecule has 6 N–H and O–H groups in total. The zero-order chi connectivity index (χ0) is 16.5. The van der Waals surface area contributed by atoms with E-state index < -0.39 is 44.9 Å². The molecule has 0 radical (unpaired) electrons. The molecule has 1 aliphatic heterocycles. The Bertz CT molecular complexity index is 606. The first-order valence-corrected chi connectivity index (χ1v) is 7.74. The third-order valence-corrected chi connectivity index (χ3v) is 3.63. The van der Waals surface area contributed by atoms with Gasteiger partial charge >= 0.3 is 7.82 Å². The van der Waals surface area contributed by atoms with Gasteiger partial charge in [-0.15, -0.1) is 0 Å². The van der Waals surface area contributed by atoms with Gasteiger partial charge in [0.15, 0.2) is 18.5 Å². The summed E-state index contributed by atoms with van der Waals surface area (Å²) in [7, 11) is -4.72. The van der Waals surface area contributed by atoms with Crippen molar-refractivity contribution in [3.63, 3.8) is 0 Å². The quantitative estimate of drug-likeness (QED) is 0.229. The molecular formula is C11H16N2O8P+. The Morgan fingerprint density at radius 3 is 2.68 bits per heavy atom. The van der Waals surface area contributed by atoms with Crippen LogP contribution in [0.5, 0.6) is 0 Å². The van der Waals surface area contributed by atoms with E-state index in [2.05, 4.69) is 4.52 Å². The molecule has 1 amide bonds. The fourth-order valence-electron chi connectivity index (χ4n) is 2.08. The van der Waals surface area contributed by atoms with Crippen LogP contribution >= 0.6 is 7.82 Å². The summed E-state index contributed by atoms with van der Waals surface area (Å²) in [6.07, 6.45) is -2.18. The van der Waals surface area contributed by atoms with Crippen LogP contribution in [-0.4, -0.2) is 50.8 Å². The van der Waals surface area contributed by atoms with Crippen molar-refractivity contribution in [1.82, 2.24) is 0 Å². The number of primary amides is 1. The molecule has 1 saturated heterocycles. The topological polar surface area (TPSA) is 163 Å². The fourth-order valence-corrected chi connectivity index (χ4v) is 2.42. The van der Waals surface area contributed by atoms with Gasteiger partial charge < -0.3 is 30.5 Å². The lowest BCUT2D eigenvalue weighted by Crippen LogP contribution is -2.46. The highest BCUT2D eigenvalue weighted by atomic mass is 31.2. The average Bonchev–Trinajstić information content (AvgIpc) is 2.72. The standard InChI is InChI=1S/C11H15N2O8P/c12-10(16)6-2-1-3-13(4-6)11-9(15)8(14)7(21-11)5-20-22(17,18)19/h1-4,7-9,11,14-15H,5H2,(H3-,12,16,17,18,19)/p+1/t7-,8+,9-,11-/m1/s1/i5+1,7+1,8+1,9+1,11+1. The molecule has 0 aliphatic carbocycles. The second-order valence-electron chi connectivity index (χ2n) is 4.74. The first-order chi connectivity index (χ1) is 10.2. The number of carbonyl (C=O) groups excluding carboxylic acids is 1. The van der Waals surface area contributed by atoms with E-state index in [0.29, 0.717) is 0 Å². The molecule has 0 aromatic carbocycles. The number of hydrogen-bond donors (Lipinski definition) is 5. The number of phosphoric ester groups is 1. The van der Waals surface area contributed by atoms with E-state index in [4.69, 9.17) is 20.3 Å². The molecule has 10 nitrogen and oxygen atoms in total. The van der Waals surface area contributed by atoms with Crippen LogP contribution in [0.25, 0.3) is 0 Å². The number of hydrogen-bond acceptors (Lipinski definition) is 6. The van der Waals surface area contributed by atoms with Crippen LogP contribution in [0.4, 0.5) is 0 Å². The molecule has 1 aromatic heterocycles. The second kappa shape index (κ2) is 6.39. The summed E-state index contributed by atoms with van der Waals surface area (Å²) in [4.78, 5) is 28.4. The van der Waals surface area contributed by atoms with Gasteiger partial charge in [-0.3, -0.25) is 9.32 Å². The third-order valence-electron chi connectivity index (χ3n) is 3.14. The van der Waals surface area contributed by atoms with E-state index in [0.717, 1.165) is 0 Å². The number of aromatic nitrogens is 1. The Morgan fingerprint density at radius 1 is 1.41 bits per heavy atom. The molecule has 4 atom stereocenters. The van der Waals surface area contributed by atoms with Crippen molar-refractivity contribution in [3.05, 3.63) is 30.1 Å². The maximum absolute atomic E-state index is 11.1. The molecular weight excluding hydrogens is 324 g/mol. The minimum absolute atomic E-state index is 0.169. The molecule has 0 unspecified atom stereocenters. The lowest BCUT2D eigenvalue weighted by atomic mass is 10.3. The predicted molar refractivity (Wildman–Crippen MR) is 69.1 cm³/mol. The van der Waals surface area contributed by atoms with E-state index in [1.165, 1.54) is 29.1 Å². The molecule has 0 spiro atoms. The minimum atomic E-state index is -4.72. The van der Waals surface area contributed by atoms with Crippen LogP contribution in [0.2, 0.25) is 0 Å². The van der Waals surface area contributed by atoms with Crippen LogP contribution in [0.3, 0.4) is 0 Å². The number of aliphatic hydroxyl groups excluding tert-OH is 2. The Morgan fingerprint density at radius 2 is 2.09 bits per heavy atom. The smallest absolute Gasteiger partial charge is 0.387 e. The summed E-state index contributed by atoms with van der Waals surface area (Å²) < 4.78 is 21.6. The highest BCUT2D eigenvalue weighted by Crippen LogP contribution is 2.37. The Hall–Kier alpha value is -1.39. The normalized spacial score (nSPS) is 28.7. The van der Waals surface area contributed by atoms with Gasteiger partial charge in [-0.1, -0.05) is 0 Å². The van der Waals surface area contributed by atoms with E-state index in [1.54, 1.807) is 0 Å². The summed E-state index contributed by atoms with van der Waals surface area (Å²) in [5.74, 6) is -0.677. The van der Waals surface area contributed by atoms with Crippen molar-refractivity contribution in [3.8, 4) is 0 Å². The van der Waals surface area contributed by atoms with Crippen LogP contribution in [0.15, 0.2) is 24.5 Å². The first-order valence-electron chi connectivity index (χ1n) is 6.21. The van der Waals surface area contributed by atoms with Gasteiger partial charge in [0.25, 0.3) is 12.1 Å². The largest absolute Gasteiger partial charge is 0.469 e. The van der Waals surface area contributed by atoms with Gasteiger partial charge in [-0.2, -0.15) is 4.57 Å². The van der Waals surface area contributed by atoms with E-state index in [9.17, 15) is 19.6 Å². The molecule has 2 heterocycles. The van der Waals surface area contributed by atoms with E-state index >= 15 is 0 Å². The van der Waals surface area contributed by atoms with Gasteiger partial charge in [0.1, 0.15) is 17.8 Å². The zero-order valence-electron chi connectivity index (χ0n) is 11.2. The molecule has 0 saturated carbocycles. The second-order valence-corrected chi connectivity index (χ2v) is 5.98. The Balaban J connectivity index is 2.14. The van der Waals surface area contributed by atoms with Gasteiger partial charge in [-0.05, 0) is 6.07 Å². The maximum Gasteiger partial charge on any atom is 0.469 e. The highest BCUT2D eigenvalue weighted by molar-refractivity contribution is 7.46. The number of nitrogens with two attached hydrogens (primary N) is 1. The zero-order valence-corrected chi connectivity index (χ0v) is 12.1. The van der Waals surface area contributed by atoms with Crippen molar-refractivity contribution in [1.29, 1.82) is 0 Å². The molecule has 2 rings (SSSR count). The van der Waals surface area contributed by atoms with Crippen molar-refractivity contribution in [2.45, 2.75) is 24.5 Å². The fraction of sp³-hybridized carbons (Fsp3) is 0.455. The van der Waals surface area contributed by atoms with Gasteiger partial charge in [0, 0.05) is 6.07 Å². The van der Waals surface area contributed by atoms with Crippen molar-refractivity contribution in [2.24, 2.45) is 5.73 Å². The summed E-state index contributed by atoms with van der Waals surface area (Å²) in [5.41, 5.74) is 5.32. The summed E-state index contributed by atoms with van der Waals surface area (Å²) in [5, 5.41) is 19.8. The molecule has 1 aromatic rings. The number of aliphatic hydroxyl groups is 2. The van der Waals surface area contributed by atoms with Crippen LogP contribution in [0, 0.1) is 0 Å². The molecule has 1 fully saturated rings. The number of carbonyl (C=O) groups is 1. The Kier molecular flexibility index (Phi) is 4.93. The van der Waals surface area contributed by atoms with Crippen LogP contribution < -0.4 is 10.3 Å². The Labute approximate surface area is 124 Å². The molecule has 1 aliphatic rings. The van der Waals surface area contributed by atoms with E-state index in [1.807, 2.05) is 0 Å². The summed E-state index contributed by atoms with van der Waals surface area (Å²) >= 11 is 0. The third kappa shape index (κ3) is 3.87. The lowest BCUT2D eigenvalue weighted by molar-refractivity contribution is -0.765. The minimum Gasteiger partial charge on any atom is -0.387 e. The number of nitrogens with zero attached hydrogens (tertiary/aromatic N) is 1. The molecule has 122 valence electrons. The van der Waals surface area contributed by atoms with Crippen molar-refractivity contribution < 1.29 is 43.2 Å². The SMILES string of the molecule is NC(=O)c1ccc[n+]([13C@@H]2O[13C@H]([13CH2]OP(=O)(O)O)[13C@H](O)[13C@H]2O)c1. The molecule has 22 heavy (non-hydrogen) atoms. The number of rotatable bonds is 5. The van der Waals surface area contributed by atoms with E-state index in [-0.39, 0.29) is 5.56 Å². The number of amides is 1.